The number of nitrogens with one attached hydrogen (secondary N) is 3. The van der Waals surface area contributed by atoms with Gasteiger partial charge in [-0.2, -0.15) is 0 Å². The zero-order valence-corrected chi connectivity index (χ0v) is 19.5. The Labute approximate surface area is 181 Å². The lowest BCUT2D eigenvalue weighted by Crippen LogP contribution is -2.44. The van der Waals surface area contributed by atoms with Crippen molar-refractivity contribution in [3.05, 3.63) is 35.9 Å². The molecule has 154 valence electrons. The topological polar surface area (TPSA) is 74.8 Å². The molecule has 1 aromatic carbocycles. The Balaban J connectivity index is 0.00000676. The van der Waals surface area contributed by atoms with Crippen LogP contribution in [0.25, 0.3) is 0 Å². The fraction of sp³-hybridized carbons (Fsp3) is 0.600. The highest BCUT2D eigenvalue weighted by atomic mass is 127. The van der Waals surface area contributed by atoms with Gasteiger partial charge in [-0.05, 0) is 39.2 Å². The number of hydrogen-bond acceptors (Lipinski definition) is 3. The third kappa shape index (κ3) is 13.5. The number of benzene rings is 1. The van der Waals surface area contributed by atoms with E-state index in [1.807, 2.05) is 45.9 Å². The van der Waals surface area contributed by atoms with Crippen LogP contribution >= 0.6 is 24.0 Å². The zero-order chi connectivity index (χ0) is 19.4. The van der Waals surface area contributed by atoms with Crippen molar-refractivity contribution in [3.63, 3.8) is 0 Å². The van der Waals surface area contributed by atoms with E-state index >= 15 is 0 Å². The Morgan fingerprint density at radius 1 is 1.19 bits per heavy atom. The van der Waals surface area contributed by atoms with Crippen LogP contribution in [0.1, 0.15) is 40.2 Å². The quantitative estimate of drug-likeness (QED) is 0.283. The minimum atomic E-state index is -0.247. The van der Waals surface area contributed by atoms with Gasteiger partial charge in [0.15, 0.2) is 5.96 Å². The molecule has 0 aromatic heterocycles. The molecule has 0 aliphatic carbocycles. The molecule has 1 amide bonds. The maximum Gasteiger partial charge on any atom is 0.242 e. The summed E-state index contributed by atoms with van der Waals surface area (Å²) in [6, 6.07) is 10.1. The summed E-state index contributed by atoms with van der Waals surface area (Å²) < 4.78 is 5.76. The smallest absolute Gasteiger partial charge is 0.242 e. The number of amides is 1. The number of aliphatic imine (C=N–C) groups is 1. The summed E-state index contributed by atoms with van der Waals surface area (Å²) in [5.74, 6) is 0.881. The van der Waals surface area contributed by atoms with Crippen molar-refractivity contribution in [2.24, 2.45) is 10.9 Å². The van der Waals surface area contributed by atoms with E-state index in [0.717, 1.165) is 13.1 Å². The van der Waals surface area contributed by atoms with Crippen molar-refractivity contribution >= 4 is 35.8 Å². The van der Waals surface area contributed by atoms with E-state index in [1.165, 1.54) is 5.56 Å². The maximum atomic E-state index is 11.9. The molecule has 6 nitrogen and oxygen atoms in total. The molecular formula is C20H35IN4O2. The minimum absolute atomic E-state index is 0. The summed E-state index contributed by atoms with van der Waals surface area (Å²) in [5, 5.41) is 9.33. The number of hydrogen-bond donors (Lipinski definition) is 3. The second-order valence-electron chi connectivity index (χ2n) is 7.48. The Kier molecular flexibility index (Phi) is 13.1. The number of carbonyl (C=O) groups is 1. The lowest BCUT2D eigenvalue weighted by molar-refractivity contribution is -0.121. The fourth-order valence-electron chi connectivity index (χ4n) is 2.23. The third-order valence-corrected chi connectivity index (χ3v) is 3.37. The molecule has 0 aliphatic rings. The van der Waals surface area contributed by atoms with Crippen molar-refractivity contribution in [1.29, 1.82) is 0 Å². The second-order valence-corrected chi connectivity index (χ2v) is 7.48. The first-order chi connectivity index (χ1) is 12.3. The molecule has 1 aromatic rings. The summed E-state index contributed by atoms with van der Waals surface area (Å²) in [4.78, 5) is 16.2. The van der Waals surface area contributed by atoms with Gasteiger partial charge in [0.05, 0.1) is 13.2 Å². The molecule has 0 saturated heterocycles. The van der Waals surface area contributed by atoms with Gasteiger partial charge in [0.25, 0.3) is 0 Å². The number of ether oxygens (including phenoxy) is 1. The minimum Gasteiger partial charge on any atom is -0.376 e. The molecule has 1 atom stereocenters. The van der Waals surface area contributed by atoms with E-state index in [2.05, 4.69) is 40.0 Å². The molecule has 27 heavy (non-hydrogen) atoms. The van der Waals surface area contributed by atoms with E-state index in [9.17, 15) is 4.79 Å². The van der Waals surface area contributed by atoms with E-state index in [0.29, 0.717) is 25.1 Å². The van der Waals surface area contributed by atoms with Crippen LogP contribution < -0.4 is 16.0 Å². The summed E-state index contributed by atoms with van der Waals surface area (Å²) in [6.07, 6.45) is 0. The molecule has 0 fully saturated rings. The van der Waals surface area contributed by atoms with Crippen LogP contribution in [0.2, 0.25) is 0 Å². The van der Waals surface area contributed by atoms with E-state index in [-0.39, 0.29) is 42.0 Å². The van der Waals surface area contributed by atoms with E-state index in [1.54, 1.807) is 0 Å². The number of rotatable bonds is 9. The molecule has 1 rings (SSSR count). The van der Waals surface area contributed by atoms with Gasteiger partial charge >= 0.3 is 0 Å². The van der Waals surface area contributed by atoms with Crippen molar-refractivity contribution in [3.8, 4) is 0 Å². The monoisotopic (exact) mass is 490 g/mol. The van der Waals surface area contributed by atoms with E-state index < -0.39 is 0 Å². The highest BCUT2D eigenvalue weighted by Gasteiger charge is 2.13. The molecule has 1 unspecified atom stereocenters. The average Bonchev–Trinajstić information content (AvgIpc) is 2.57. The molecule has 7 heteroatoms. The Morgan fingerprint density at radius 3 is 2.44 bits per heavy atom. The van der Waals surface area contributed by atoms with Gasteiger partial charge < -0.3 is 20.7 Å². The van der Waals surface area contributed by atoms with Gasteiger partial charge in [0, 0.05) is 18.6 Å². The lowest BCUT2D eigenvalue weighted by Gasteiger charge is -2.20. The molecule has 0 aliphatic heterocycles. The van der Waals surface area contributed by atoms with Gasteiger partial charge in [-0.3, -0.25) is 4.79 Å². The van der Waals surface area contributed by atoms with E-state index in [4.69, 9.17) is 4.74 Å². The SMILES string of the molecule is CCNC(=NCC(=O)NC(C)(C)C)NCC(C)COCc1ccccc1.I. The van der Waals surface area contributed by atoms with Gasteiger partial charge in [-0.1, -0.05) is 37.3 Å². The third-order valence-electron chi connectivity index (χ3n) is 3.37. The summed E-state index contributed by atoms with van der Waals surface area (Å²) in [7, 11) is 0. The highest BCUT2D eigenvalue weighted by Crippen LogP contribution is 2.03. The molecule has 0 radical (unpaired) electrons. The molecule has 0 spiro atoms. The molecule has 3 N–H and O–H groups in total. The van der Waals surface area contributed by atoms with Gasteiger partial charge in [0.2, 0.25) is 5.91 Å². The maximum absolute atomic E-state index is 11.9. The van der Waals surface area contributed by atoms with Crippen molar-refractivity contribution in [2.75, 3.05) is 26.2 Å². The number of carbonyl (C=O) groups excluding carboxylic acids is 1. The first-order valence-electron chi connectivity index (χ1n) is 9.25. The molecular weight excluding hydrogens is 455 g/mol. The van der Waals surface area contributed by atoms with Gasteiger partial charge in [-0.25, -0.2) is 4.99 Å². The summed E-state index contributed by atoms with van der Waals surface area (Å²) in [6.45, 7) is 12.8. The largest absolute Gasteiger partial charge is 0.376 e. The average molecular weight is 490 g/mol. The first kappa shape index (κ1) is 25.6. The van der Waals surface area contributed by atoms with Gasteiger partial charge in [0.1, 0.15) is 6.54 Å². The molecule has 0 bridgehead atoms. The lowest BCUT2D eigenvalue weighted by atomic mass is 10.1. The van der Waals surface area contributed by atoms with Crippen molar-refractivity contribution in [1.82, 2.24) is 16.0 Å². The zero-order valence-electron chi connectivity index (χ0n) is 17.2. The summed E-state index contributed by atoms with van der Waals surface area (Å²) >= 11 is 0. The van der Waals surface area contributed by atoms with Crippen LogP contribution in [0.3, 0.4) is 0 Å². The highest BCUT2D eigenvalue weighted by molar-refractivity contribution is 14.0. The Bertz CT molecular complexity index is 559. The predicted molar refractivity (Wildman–Crippen MR) is 123 cm³/mol. The van der Waals surface area contributed by atoms with Crippen molar-refractivity contribution < 1.29 is 9.53 Å². The number of nitrogens with zero attached hydrogens (tertiary/aromatic N) is 1. The van der Waals surface area contributed by atoms with Crippen LogP contribution in [-0.2, 0) is 16.1 Å². The normalized spacial score (nSPS) is 12.7. The van der Waals surface area contributed by atoms with Crippen LogP contribution in [0.5, 0.6) is 0 Å². The summed E-state index contributed by atoms with van der Waals surface area (Å²) in [5.41, 5.74) is 0.927. The Morgan fingerprint density at radius 2 is 1.85 bits per heavy atom. The van der Waals surface area contributed by atoms with Crippen LogP contribution in [-0.4, -0.2) is 43.6 Å². The van der Waals surface area contributed by atoms with Crippen LogP contribution in [0.4, 0.5) is 0 Å². The first-order valence-corrected chi connectivity index (χ1v) is 9.25. The number of guanidine groups is 1. The Hall–Kier alpha value is -1.35. The van der Waals surface area contributed by atoms with Crippen LogP contribution in [0.15, 0.2) is 35.3 Å². The standard InChI is InChI=1S/C20H34N4O2.HI/c1-6-21-19(23-13-18(25)24-20(3,4)5)22-12-16(2)14-26-15-17-10-8-7-9-11-17;/h7-11,16H,6,12-15H2,1-5H3,(H,24,25)(H2,21,22,23);1H. The molecule has 0 heterocycles. The second kappa shape index (κ2) is 13.8. The van der Waals surface area contributed by atoms with Crippen LogP contribution in [0, 0.1) is 5.92 Å². The van der Waals surface area contributed by atoms with Gasteiger partial charge in [-0.15, -0.1) is 24.0 Å². The molecule has 0 saturated carbocycles. The number of halogens is 1. The predicted octanol–water partition coefficient (Wildman–Crippen LogP) is 2.93. The van der Waals surface area contributed by atoms with Crippen molar-refractivity contribution in [2.45, 2.75) is 46.8 Å². The fourth-order valence-corrected chi connectivity index (χ4v) is 2.23.